The lowest BCUT2D eigenvalue weighted by molar-refractivity contribution is 0.340. The van der Waals surface area contributed by atoms with Gasteiger partial charge in [0.1, 0.15) is 17.4 Å². The minimum absolute atomic E-state index is 0.223. The Morgan fingerprint density at radius 2 is 1.74 bits per heavy atom. The van der Waals surface area contributed by atoms with Crippen molar-refractivity contribution in [3.05, 3.63) is 71.7 Å². The highest BCUT2D eigenvalue weighted by Crippen LogP contribution is 2.20. The zero-order valence-electron chi connectivity index (χ0n) is 15.5. The predicted molar refractivity (Wildman–Crippen MR) is 106 cm³/mol. The number of aromatic nitrogens is 2. The second-order valence-corrected chi connectivity index (χ2v) is 6.10. The molecule has 0 atom stereocenters. The van der Waals surface area contributed by atoms with Gasteiger partial charge < -0.3 is 15.4 Å². The van der Waals surface area contributed by atoms with Crippen LogP contribution in [0.3, 0.4) is 0 Å². The lowest BCUT2D eigenvalue weighted by atomic mass is 10.1. The maximum atomic E-state index is 13.0. The van der Waals surface area contributed by atoms with Gasteiger partial charge in [0.15, 0.2) is 0 Å². The zero-order valence-corrected chi connectivity index (χ0v) is 15.5. The summed E-state index contributed by atoms with van der Waals surface area (Å²) in [6.07, 6.45) is 0.763. The minimum atomic E-state index is -0.223. The molecule has 0 amide bonds. The maximum absolute atomic E-state index is 13.0. The molecule has 0 unspecified atom stereocenters. The number of halogens is 1. The Bertz CT molecular complexity index is 866. The third-order valence-corrected chi connectivity index (χ3v) is 3.90. The van der Waals surface area contributed by atoms with Crippen molar-refractivity contribution in [1.29, 1.82) is 0 Å². The summed E-state index contributed by atoms with van der Waals surface area (Å²) >= 11 is 0. The van der Waals surface area contributed by atoms with Gasteiger partial charge in [-0.25, -0.2) is 9.37 Å². The molecule has 6 heteroatoms. The van der Waals surface area contributed by atoms with E-state index in [4.69, 9.17) is 4.74 Å². The first kappa shape index (κ1) is 18.6. The summed E-state index contributed by atoms with van der Waals surface area (Å²) < 4.78 is 18.4. The van der Waals surface area contributed by atoms with Crippen LogP contribution >= 0.6 is 0 Å². The lowest BCUT2D eigenvalue weighted by Crippen LogP contribution is -2.09. The van der Waals surface area contributed by atoms with E-state index in [9.17, 15) is 4.39 Å². The Morgan fingerprint density at radius 1 is 1.00 bits per heavy atom. The summed E-state index contributed by atoms with van der Waals surface area (Å²) in [5.74, 6) is 1.89. The average Bonchev–Trinajstić information content (AvgIpc) is 2.65. The monoisotopic (exact) mass is 366 g/mol. The molecule has 27 heavy (non-hydrogen) atoms. The van der Waals surface area contributed by atoms with E-state index in [0.717, 1.165) is 34.9 Å². The van der Waals surface area contributed by atoms with Crippen molar-refractivity contribution >= 4 is 17.5 Å². The number of anilines is 3. The molecule has 0 fully saturated rings. The van der Waals surface area contributed by atoms with Gasteiger partial charge in [-0.15, -0.1) is 0 Å². The van der Waals surface area contributed by atoms with Crippen LogP contribution in [-0.2, 0) is 6.42 Å². The van der Waals surface area contributed by atoms with Gasteiger partial charge in [-0.3, -0.25) is 0 Å². The minimum Gasteiger partial charge on any atom is -0.494 e. The number of benzene rings is 2. The number of rotatable bonds is 8. The number of ether oxygens (including phenoxy) is 1. The molecule has 140 valence electrons. The molecular formula is C21H23FN4O. The summed E-state index contributed by atoms with van der Waals surface area (Å²) in [7, 11) is 0. The smallest absolute Gasteiger partial charge is 0.224 e. The molecule has 0 aliphatic rings. The molecule has 0 radical (unpaired) electrons. The van der Waals surface area contributed by atoms with Crippen LogP contribution in [0.15, 0.2) is 54.6 Å². The standard InChI is InChI=1S/C21H23FN4O/c1-3-27-19-10-8-18(9-11-19)25-20-14-15(2)24-21(26-20)23-13-12-16-4-6-17(22)7-5-16/h4-11,14H,3,12-13H2,1-2H3,(H2,23,24,25,26). The number of nitrogens with one attached hydrogen (secondary N) is 2. The molecule has 5 nitrogen and oxygen atoms in total. The van der Waals surface area contributed by atoms with Crippen molar-refractivity contribution in [2.45, 2.75) is 20.3 Å². The fraction of sp³-hybridized carbons (Fsp3) is 0.238. The molecule has 3 aromatic rings. The number of hydrogen-bond acceptors (Lipinski definition) is 5. The number of hydrogen-bond donors (Lipinski definition) is 2. The highest BCUT2D eigenvalue weighted by molar-refractivity contribution is 5.58. The first-order valence-corrected chi connectivity index (χ1v) is 8.96. The fourth-order valence-corrected chi connectivity index (χ4v) is 2.63. The maximum Gasteiger partial charge on any atom is 0.224 e. The second-order valence-electron chi connectivity index (χ2n) is 6.10. The quantitative estimate of drug-likeness (QED) is 0.604. The molecule has 0 bridgehead atoms. The van der Waals surface area contributed by atoms with Crippen LogP contribution in [-0.4, -0.2) is 23.1 Å². The van der Waals surface area contributed by atoms with Gasteiger partial charge in [-0.05, 0) is 62.2 Å². The van der Waals surface area contributed by atoms with Crippen molar-refractivity contribution in [1.82, 2.24) is 9.97 Å². The van der Waals surface area contributed by atoms with Crippen molar-refractivity contribution in [3.63, 3.8) is 0 Å². The zero-order chi connectivity index (χ0) is 19.1. The molecule has 2 N–H and O–H groups in total. The molecule has 1 aromatic heterocycles. The largest absolute Gasteiger partial charge is 0.494 e. The van der Waals surface area contributed by atoms with Gasteiger partial charge in [0, 0.05) is 24.0 Å². The van der Waals surface area contributed by atoms with Crippen LogP contribution in [0.2, 0.25) is 0 Å². The van der Waals surface area contributed by atoms with Crippen LogP contribution in [0.4, 0.5) is 21.8 Å². The molecule has 0 saturated carbocycles. The van der Waals surface area contributed by atoms with E-state index in [1.54, 1.807) is 12.1 Å². The van der Waals surface area contributed by atoms with Crippen molar-refractivity contribution < 1.29 is 9.13 Å². The number of aryl methyl sites for hydroxylation is 1. The van der Waals surface area contributed by atoms with E-state index in [1.807, 2.05) is 44.2 Å². The van der Waals surface area contributed by atoms with E-state index in [0.29, 0.717) is 19.1 Å². The van der Waals surface area contributed by atoms with E-state index in [-0.39, 0.29) is 5.82 Å². The molecule has 0 spiro atoms. The van der Waals surface area contributed by atoms with Crippen molar-refractivity contribution in [2.24, 2.45) is 0 Å². The summed E-state index contributed by atoms with van der Waals surface area (Å²) in [6, 6.07) is 16.1. The first-order valence-electron chi connectivity index (χ1n) is 8.96. The second kappa shape index (κ2) is 8.98. The highest BCUT2D eigenvalue weighted by Gasteiger charge is 2.04. The Kier molecular flexibility index (Phi) is 6.20. The molecule has 0 aliphatic carbocycles. The van der Waals surface area contributed by atoms with Crippen LogP contribution in [0, 0.1) is 12.7 Å². The van der Waals surface area contributed by atoms with Crippen molar-refractivity contribution in [2.75, 3.05) is 23.8 Å². The topological polar surface area (TPSA) is 59.1 Å². The summed E-state index contributed by atoms with van der Waals surface area (Å²) in [6.45, 7) is 5.19. The van der Waals surface area contributed by atoms with Gasteiger partial charge in [-0.1, -0.05) is 12.1 Å². The molecule has 2 aromatic carbocycles. The third-order valence-electron chi connectivity index (χ3n) is 3.90. The fourth-order valence-electron chi connectivity index (χ4n) is 2.63. The Hall–Kier alpha value is -3.15. The molecule has 1 heterocycles. The van der Waals surface area contributed by atoms with Crippen LogP contribution in [0.5, 0.6) is 5.75 Å². The van der Waals surface area contributed by atoms with Crippen molar-refractivity contribution in [3.8, 4) is 5.75 Å². The van der Waals surface area contributed by atoms with Crippen LogP contribution in [0.25, 0.3) is 0 Å². The Balaban J connectivity index is 1.60. The SMILES string of the molecule is CCOc1ccc(Nc2cc(C)nc(NCCc3ccc(F)cc3)n2)cc1. The summed E-state index contributed by atoms with van der Waals surface area (Å²) in [5.41, 5.74) is 2.85. The Labute approximate surface area is 158 Å². The van der Waals surface area contributed by atoms with Gasteiger partial charge in [0.2, 0.25) is 5.95 Å². The van der Waals surface area contributed by atoms with E-state index < -0.39 is 0 Å². The van der Waals surface area contributed by atoms with Gasteiger partial charge in [0.25, 0.3) is 0 Å². The van der Waals surface area contributed by atoms with E-state index in [2.05, 4.69) is 20.6 Å². The third kappa shape index (κ3) is 5.67. The van der Waals surface area contributed by atoms with Crippen LogP contribution in [0.1, 0.15) is 18.2 Å². The van der Waals surface area contributed by atoms with Gasteiger partial charge in [0.05, 0.1) is 6.61 Å². The summed E-state index contributed by atoms with van der Waals surface area (Å²) in [5, 5.41) is 6.51. The van der Waals surface area contributed by atoms with Crippen LogP contribution < -0.4 is 15.4 Å². The van der Waals surface area contributed by atoms with Gasteiger partial charge in [-0.2, -0.15) is 4.98 Å². The average molecular weight is 366 g/mol. The lowest BCUT2D eigenvalue weighted by Gasteiger charge is -2.11. The molecule has 0 aliphatic heterocycles. The predicted octanol–water partition coefficient (Wildman–Crippen LogP) is 4.72. The summed E-state index contributed by atoms with van der Waals surface area (Å²) in [4.78, 5) is 8.93. The molecular weight excluding hydrogens is 343 g/mol. The van der Waals surface area contributed by atoms with E-state index >= 15 is 0 Å². The molecule has 0 saturated heterocycles. The normalized spacial score (nSPS) is 10.5. The molecule has 3 rings (SSSR count). The highest BCUT2D eigenvalue weighted by atomic mass is 19.1. The Morgan fingerprint density at radius 3 is 2.44 bits per heavy atom. The van der Waals surface area contributed by atoms with E-state index in [1.165, 1.54) is 12.1 Å². The number of nitrogens with zero attached hydrogens (tertiary/aromatic N) is 2. The first-order chi connectivity index (χ1) is 13.1. The van der Waals surface area contributed by atoms with Gasteiger partial charge >= 0.3 is 0 Å².